The van der Waals surface area contributed by atoms with Gasteiger partial charge in [0, 0.05) is 17.6 Å². The minimum atomic E-state index is -4.47. The van der Waals surface area contributed by atoms with Crippen LogP contribution in [0.3, 0.4) is 0 Å². The molecular weight excluding hydrogens is 415 g/mol. The topological polar surface area (TPSA) is 56.1 Å². The van der Waals surface area contributed by atoms with Gasteiger partial charge in [0.05, 0.1) is 18.0 Å². The van der Waals surface area contributed by atoms with Crippen molar-refractivity contribution in [2.75, 3.05) is 12.4 Å². The number of amides is 1. The highest BCUT2D eigenvalue weighted by Gasteiger charge is 2.33. The maximum absolute atomic E-state index is 12.7. The fraction of sp³-hybridized carbons (Fsp3) is 0.238. The van der Waals surface area contributed by atoms with Gasteiger partial charge in [-0.15, -0.1) is 11.8 Å². The van der Waals surface area contributed by atoms with Crippen molar-refractivity contribution >= 4 is 17.7 Å². The summed E-state index contributed by atoms with van der Waals surface area (Å²) in [7, 11) is 0. The van der Waals surface area contributed by atoms with Gasteiger partial charge in [0.1, 0.15) is 5.75 Å². The SMILES string of the molecule is CCOc1ccc(SCC(=O)NCc2ccc(-n3ccc(C(F)(F)F)n3)cc2)cc1. The molecule has 1 N–H and O–H groups in total. The second kappa shape index (κ2) is 9.71. The summed E-state index contributed by atoms with van der Waals surface area (Å²) in [6, 6.07) is 15.3. The van der Waals surface area contributed by atoms with Crippen LogP contribution in [0, 0.1) is 0 Å². The van der Waals surface area contributed by atoms with Crippen molar-refractivity contribution in [2.45, 2.75) is 24.5 Å². The largest absolute Gasteiger partial charge is 0.494 e. The van der Waals surface area contributed by atoms with Gasteiger partial charge in [-0.25, -0.2) is 4.68 Å². The summed E-state index contributed by atoms with van der Waals surface area (Å²) in [5.74, 6) is 0.957. The summed E-state index contributed by atoms with van der Waals surface area (Å²) in [5.41, 5.74) is 0.400. The van der Waals surface area contributed by atoms with Gasteiger partial charge >= 0.3 is 6.18 Å². The molecule has 0 saturated carbocycles. The number of rotatable bonds is 8. The summed E-state index contributed by atoms with van der Waals surface area (Å²) in [4.78, 5) is 13.0. The number of aromatic nitrogens is 2. The van der Waals surface area contributed by atoms with Crippen molar-refractivity contribution in [1.82, 2.24) is 15.1 Å². The van der Waals surface area contributed by atoms with Gasteiger partial charge in [-0.1, -0.05) is 12.1 Å². The molecule has 0 unspecified atom stereocenters. The zero-order chi connectivity index (χ0) is 21.6. The number of halogens is 3. The molecule has 1 aromatic heterocycles. The smallest absolute Gasteiger partial charge is 0.435 e. The van der Waals surface area contributed by atoms with E-state index in [9.17, 15) is 18.0 Å². The first-order chi connectivity index (χ1) is 14.3. The predicted octanol–water partition coefficient (Wildman–Crippen LogP) is 4.70. The molecule has 30 heavy (non-hydrogen) atoms. The van der Waals surface area contributed by atoms with E-state index in [1.807, 2.05) is 31.2 Å². The van der Waals surface area contributed by atoms with Gasteiger partial charge in [0.25, 0.3) is 0 Å². The molecule has 158 valence electrons. The molecule has 2 aromatic carbocycles. The number of ether oxygens (including phenoxy) is 1. The van der Waals surface area contributed by atoms with Gasteiger partial charge in [-0.05, 0) is 55.0 Å². The van der Waals surface area contributed by atoms with Crippen molar-refractivity contribution in [3.05, 3.63) is 72.1 Å². The van der Waals surface area contributed by atoms with Crippen molar-refractivity contribution in [3.8, 4) is 11.4 Å². The average molecular weight is 435 g/mol. The van der Waals surface area contributed by atoms with Gasteiger partial charge in [0.15, 0.2) is 5.69 Å². The quantitative estimate of drug-likeness (QED) is 0.521. The van der Waals surface area contributed by atoms with E-state index < -0.39 is 11.9 Å². The second-order valence-electron chi connectivity index (χ2n) is 6.28. The molecule has 0 bridgehead atoms. The first-order valence-corrected chi connectivity index (χ1v) is 10.2. The molecule has 0 atom stereocenters. The fourth-order valence-electron chi connectivity index (χ4n) is 2.58. The van der Waals surface area contributed by atoms with Crippen LogP contribution >= 0.6 is 11.8 Å². The Labute approximate surface area is 176 Å². The third-order valence-corrected chi connectivity index (χ3v) is 5.09. The molecule has 9 heteroatoms. The number of thioether (sulfide) groups is 1. The van der Waals surface area contributed by atoms with Crippen LogP contribution in [-0.2, 0) is 17.5 Å². The minimum Gasteiger partial charge on any atom is -0.494 e. The normalized spacial score (nSPS) is 11.3. The van der Waals surface area contributed by atoms with E-state index in [0.29, 0.717) is 18.8 Å². The number of carbonyl (C=O) groups excluding carboxylic acids is 1. The van der Waals surface area contributed by atoms with E-state index in [-0.39, 0.29) is 11.7 Å². The molecule has 0 spiro atoms. The number of hydrogen-bond acceptors (Lipinski definition) is 4. The standard InChI is InChI=1S/C21H20F3N3O2S/c1-2-29-17-7-9-18(10-8-17)30-14-20(28)25-13-15-3-5-16(6-4-15)27-12-11-19(26-27)21(22,23)24/h3-12H,2,13-14H2,1H3,(H,25,28). The lowest BCUT2D eigenvalue weighted by molar-refractivity contribution is -0.141. The van der Waals surface area contributed by atoms with Crippen molar-refractivity contribution in [2.24, 2.45) is 0 Å². The van der Waals surface area contributed by atoms with Crippen LogP contribution in [0.15, 0.2) is 65.7 Å². The lowest BCUT2D eigenvalue weighted by Crippen LogP contribution is -2.24. The molecule has 0 radical (unpaired) electrons. The lowest BCUT2D eigenvalue weighted by atomic mass is 10.2. The number of hydrogen-bond donors (Lipinski definition) is 1. The molecule has 0 saturated heterocycles. The van der Waals surface area contributed by atoms with Crippen LogP contribution in [0.2, 0.25) is 0 Å². The number of benzene rings is 2. The van der Waals surface area contributed by atoms with E-state index in [2.05, 4.69) is 10.4 Å². The Kier molecular flexibility index (Phi) is 7.04. The number of carbonyl (C=O) groups is 1. The van der Waals surface area contributed by atoms with E-state index in [1.165, 1.54) is 22.6 Å². The van der Waals surface area contributed by atoms with Gasteiger partial charge in [0.2, 0.25) is 5.91 Å². The molecule has 1 heterocycles. The van der Waals surface area contributed by atoms with Crippen molar-refractivity contribution in [3.63, 3.8) is 0 Å². The zero-order valence-electron chi connectivity index (χ0n) is 16.1. The van der Waals surface area contributed by atoms with Gasteiger partial charge in [-0.3, -0.25) is 4.79 Å². The fourth-order valence-corrected chi connectivity index (χ4v) is 3.31. The Bertz CT molecular complexity index is 970. The van der Waals surface area contributed by atoms with Crippen molar-refractivity contribution < 1.29 is 22.7 Å². The Morgan fingerprint density at radius 3 is 2.40 bits per heavy atom. The summed E-state index contributed by atoms with van der Waals surface area (Å²) in [6.07, 6.45) is -3.21. The first-order valence-electron chi connectivity index (χ1n) is 9.19. The maximum atomic E-state index is 12.7. The van der Waals surface area contributed by atoms with Crippen LogP contribution in [-0.4, -0.2) is 28.0 Å². The summed E-state index contributed by atoms with van der Waals surface area (Å²) >= 11 is 1.42. The summed E-state index contributed by atoms with van der Waals surface area (Å²) in [6.45, 7) is 2.85. The number of nitrogens with zero attached hydrogens (tertiary/aromatic N) is 2. The van der Waals surface area contributed by atoms with Crippen molar-refractivity contribution in [1.29, 1.82) is 0 Å². The highest BCUT2D eigenvalue weighted by molar-refractivity contribution is 8.00. The summed E-state index contributed by atoms with van der Waals surface area (Å²) < 4.78 is 44.5. The molecule has 0 aliphatic carbocycles. The van der Waals surface area contributed by atoms with E-state index in [1.54, 1.807) is 24.3 Å². The first kappa shape index (κ1) is 21.8. The van der Waals surface area contributed by atoms with Crippen LogP contribution in [0.5, 0.6) is 5.75 Å². The van der Waals surface area contributed by atoms with Gasteiger partial charge in [-0.2, -0.15) is 18.3 Å². The molecule has 3 rings (SSSR count). The third-order valence-electron chi connectivity index (χ3n) is 4.07. The van der Waals surface area contributed by atoms with Crippen LogP contribution < -0.4 is 10.1 Å². The maximum Gasteiger partial charge on any atom is 0.435 e. The van der Waals surface area contributed by atoms with Crippen LogP contribution in [0.1, 0.15) is 18.2 Å². The zero-order valence-corrected chi connectivity index (χ0v) is 17.0. The van der Waals surface area contributed by atoms with Crippen LogP contribution in [0.25, 0.3) is 5.69 Å². The Hall–Kier alpha value is -2.94. The van der Waals surface area contributed by atoms with E-state index in [4.69, 9.17) is 4.74 Å². The van der Waals surface area contributed by atoms with E-state index >= 15 is 0 Å². The van der Waals surface area contributed by atoms with E-state index in [0.717, 1.165) is 22.3 Å². The third kappa shape index (κ3) is 6.03. The highest BCUT2D eigenvalue weighted by Crippen LogP contribution is 2.28. The predicted molar refractivity (Wildman–Crippen MR) is 109 cm³/mol. The highest BCUT2D eigenvalue weighted by atomic mass is 32.2. The molecule has 0 fully saturated rings. The monoisotopic (exact) mass is 435 g/mol. The second-order valence-corrected chi connectivity index (χ2v) is 7.33. The molecular formula is C21H20F3N3O2S. The molecule has 3 aromatic rings. The number of alkyl halides is 3. The average Bonchev–Trinajstić information content (AvgIpc) is 3.23. The summed E-state index contributed by atoms with van der Waals surface area (Å²) in [5, 5.41) is 6.36. The Morgan fingerprint density at radius 2 is 1.80 bits per heavy atom. The molecule has 0 aliphatic rings. The van der Waals surface area contributed by atoms with Gasteiger partial charge < -0.3 is 10.1 Å². The number of nitrogens with one attached hydrogen (secondary N) is 1. The Balaban J connectivity index is 1.47. The van der Waals surface area contributed by atoms with Crippen LogP contribution in [0.4, 0.5) is 13.2 Å². The Morgan fingerprint density at radius 1 is 1.10 bits per heavy atom. The molecule has 0 aliphatic heterocycles. The lowest BCUT2D eigenvalue weighted by Gasteiger charge is -2.08. The molecule has 5 nitrogen and oxygen atoms in total. The molecule has 1 amide bonds. The minimum absolute atomic E-state index is 0.111.